The van der Waals surface area contributed by atoms with Gasteiger partial charge in [-0.25, -0.2) is 8.42 Å². The Kier molecular flexibility index (Phi) is 7.02. The number of anilines is 1. The zero-order valence-electron chi connectivity index (χ0n) is 17.8. The monoisotopic (exact) mass is 430 g/mol. The van der Waals surface area contributed by atoms with Gasteiger partial charge in [0.2, 0.25) is 15.9 Å². The van der Waals surface area contributed by atoms with Crippen LogP contribution in [0.2, 0.25) is 0 Å². The van der Waals surface area contributed by atoms with E-state index >= 15 is 0 Å². The first-order valence-electron chi connectivity index (χ1n) is 10.5. The molecule has 1 aliphatic carbocycles. The molecule has 0 radical (unpaired) electrons. The number of nitrogens with zero attached hydrogens (tertiary/aromatic N) is 1. The number of hydrogen-bond donors (Lipinski definition) is 1. The van der Waals surface area contributed by atoms with Gasteiger partial charge in [0.25, 0.3) is 0 Å². The molecular formula is C23H30N2O4S. The lowest BCUT2D eigenvalue weighted by Gasteiger charge is -2.33. The maximum absolute atomic E-state index is 13.2. The van der Waals surface area contributed by atoms with E-state index in [1.54, 1.807) is 24.3 Å². The summed E-state index contributed by atoms with van der Waals surface area (Å²) in [4.78, 5) is 13.2. The molecule has 2 aromatic rings. The van der Waals surface area contributed by atoms with Crippen molar-refractivity contribution in [3.63, 3.8) is 0 Å². The molecule has 6 nitrogen and oxygen atoms in total. The van der Waals surface area contributed by atoms with Crippen molar-refractivity contribution in [1.29, 1.82) is 0 Å². The Morgan fingerprint density at radius 2 is 1.87 bits per heavy atom. The summed E-state index contributed by atoms with van der Waals surface area (Å²) in [7, 11) is -3.67. The van der Waals surface area contributed by atoms with Crippen molar-refractivity contribution >= 4 is 21.6 Å². The highest BCUT2D eigenvalue weighted by molar-refractivity contribution is 7.92. The Hall–Kier alpha value is -2.54. The van der Waals surface area contributed by atoms with Crippen molar-refractivity contribution in [3.8, 4) is 5.75 Å². The van der Waals surface area contributed by atoms with Crippen LogP contribution in [0.4, 0.5) is 5.69 Å². The summed E-state index contributed by atoms with van der Waals surface area (Å²) >= 11 is 0. The zero-order chi connectivity index (χ0) is 21.7. The molecule has 3 rings (SSSR count). The lowest BCUT2D eigenvalue weighted by Crippen LogP contribution is -2.50. The van der Waals surface area contributed by atoms with E-state index in [-0.39, 0.29) is 11.9 Å². The number of nitrogens with one attached hydrogen (secondary N) is 1. The number of carbonyl (C=O) groups excluding carboxylic acids is 1. The highest BCUT2D eigenvalue weighted by Gasteiger charge is 2.33. The molecule has 0 bridgehead atoms. The number of aryl methyl sites for hydroxylation is 1. The van der Waals surface area contributed by atoms with Gasteiger partial charge >= 0.3 is 0 Å². The van der Waals surface area contributed by atoms with Gasteiger partial charge in [0, 0.05) is 0 Å². The second-order valence-corrected chi connectivity index (χ2v) is 9.42. The number of fused-ring (bicyclic) bond motifs is 1. The Labute approximate surface area is 179 Å². The first-order valence-corrected chi connectivity index (χ1v) is 12.3. The van der Waals surface area contributed by atoms with Gasteiger partial charge in [-0.1, -0.05) is 31.2 Å². The fourth-order valence-electron chi connectivity index (χ4n) is 4.09. The Bertz CT molecular complexity index is 973. The van der Waals surface area contributed by atoms with Crippen molar-refractivity contribution < 1.29 is 17.9 Å². The highest BCUT2D eigenvalue weighted by atomic mass is 32.2. The van der Waals surface area contributed by atoms with Crippen molar-refractivity contribution in [2.75, 3.05) is 17.2 Å². The predicted octanol–water partition coefficient (Wildman–Crippen LogP) is 3.82. The van der Waals surface area contributed by atoms with Crippen LogP contribution in [0.1, 0.15) is 50.3 Å². The molecule has 1 N–H and O–H groups in total. The summed E-state index contributed by atoms with van der Waals surface area (Å²) in [5.74, 6) is 0.379. The van der Waals surface area contributed by atoms with Crippen molar-refractivity contribution in [2.24, 2.45) is 0 Å². The SMILES string of the molecule is CCOc1ccc(N([C@H](CC)C(=O)N[C@H]2CCCc3ccccc32)S(C)(=O)=O)cc1. The Morgan fingerprint density at radius 1 is 1.17 bits per heavy atom. The first-order chi connectivity index (χ1) is 14.3. The zero-order valence-corrected chi connectivity index (χ0v) is 18.6. The molecule has 0 saturated carbocycles. The minimum atomic E-state index is -3.67. The fraction of sp³-hybridized carbons (Fsp3) is 0.435. The molecule has 1 amide bonds. The molecule has 0 heterocycles. The van der Waals surface area contributed by atoms with Crippen LogP contribution in [0.15, 0.2) is 48.5 Å². The molecule has 7 heteroatoms. The Morgan fingerprint density at radius 3 is 2.50 bits per heavy atom. The molecule has 30 heavy (non-hydrogen) atoms. The van der Waals surface area contributed by atoms with Gasteiger partial charge in [-0.15, -0.1) is 0 Å². The Balaban J connectivity index is 1.86. The standard InChI is InChI=1S/C23H30N2O4S/c1-4-22(23(26)24-21-12-8-10-17-9-6-7-11-20(17)21)25(30(3,27)28)18-13-15-19(16-14-18)29-5-2/h6-7,9,11,13-16,21-22H,4-5,8,10,12H2,1-3H3,(H,24,26)/t21-,22+/m0/s1. The van der Waals surface area contributed by atoms with Crippen LogP contribution in [-0.2, 0) is 21.2 Å². The summed E-state index contributed by atoms with van der Waals surface area (Å²) in [6.07, 6.45) is 4.34. The fourth-order valence-corrected chi connectivity index (χ4v) is 5.30. The first kappa shape index (κ1) is 22.2. The number of hydrogen-bond acceptors (Lipinski definition) is 4. The van der Waals surface area contributed by atoms with Crippen LogP contribution in [0.25, 0.3) is 0 Å². The molecule has 0 aliphatic heterocycles. The van der Waals surface area contributed by atoms with Crippen LogP contribution in [-0.4, -0.2) is 33.2 Å². The third-order valence-electron chi connectivity index (χ3n) is 5.42. The second-order valence-electron chi connectivity index (χ2n) is 7.56. The normalized spacial score (nSPS) is 17.0. The van der Waals surface area contributed by atoms with Crippen molar-refractivity contribution in [2.45, 2.75) is 51.6 Å². The summed E-state index contributed by atoms with van der Waals surface area (Å²) in [5, 5.41) is 3.11. The maximum Gasteiger partial charge on any atom is 0.244 e. The van der Waals surface area contributed by atoms with Gasteiger partial charge in [-0.3, -0.25) is 9.10 Å². The molecule has 1 aliphatic rings. The third-order valence-corrected chi connectivity index (χ3v) is 6.60. The predicted molar refractivity (Wildman–Crippen MR) is 119 cm³/mol. The third kappa shape index (κ3) is 4.95. The molecule has 0 spiro atoms. The number of benzene rings is 2. The second kappa shape index (κ2) is 9.51. The smallest absolute Gasteiger partial charge is 0.244 e. The average Bonchev–Trinajstić information content (AvgIpc) is 2.72. The summed E-state index contributed by atoms with van der Waals surface area (Å²) in [6, 6.07) is 14.0. The largest absolute Gasteiger partial charge is 0.494 e. The molecule has 0 fully saturated rings. The van der Waals surface area contributed by atoms with Gasteiger partial charge < -0.3 is 10.1 Å². The van der Waals surface area contributed by atoms with E-state index < -0.39 is 16.1 Å². The topological polar surface area (TPSA) is 75.7 Å². The van der Waals surface area contributed by atoms with Crippen molar-refractivity contribution in [3.05, 3.63) is 59.7 Å². The molecule has 0 saturated heterocycles. The molecule has 162 valence electrons. The molecule has 2 aromatic carbocycles. The number of carbonyl (C=O) groups is 1. The van der Waals surface area contributed by atoms with Gasteiger partial charge in [-0.05, 0) is 68.0 Å². The van der Waals surface area contributed by atoms with Gasteiger partial charge in [-0.2, -0.15) is 0 Å². The van der Waals surface area contributed by atoms with E-state index in [1.165, 1.54) is 9.87 Å². The van der Waals surface area contributed by atoms with E-state index in [1.807, 2.05) is 32.0 Å². The van der Waals surface area contributed by atoms with Crippen LogP contribution in [0.5, 0.6) is 5.75 Å². The quantitative estimate of drug-likeness (QED) is 0.691. The van der Waals surface area contributed by atoms with Crippen LogP contribution in [0.3, 0.4) is 0 Å². The van der Waals surface area contributed by atoms with E-state index in [0.29, 0.717) is 24.5 Å². The van der Waals surface area contributed by atoms with E-state index in [2.05, 4.69) is 11.4 Å². The van der Waals surface area contributed by atoms with E-state index in [9.17, 15) is 13.2 Å². The van der Waals surface area contributed by atoms with Crippen LogP contribution < -0.4 is 14.4 Å². The van der Waals surface area contributed by atoms with Crippen molar-refractivity contribution in [1.82, 2.24) is 5.32 Å². The lowest BCUT2D eigenvalue weighted by atomic mass is 9.87. The molecule has 0 aromatic heterocycles. The minimum absolute atomic E-state index is 0.0989. The summed E-state index contributed by atoms with van der Waals surface area (Å²) in [5.41, 5.74) is 2.82. The van der Waals surface area contributed by atoms with E-state index in [4.69, 9.17) is 4.74 Å². The number of amides is 1. The maximum atomic E-state index is 13.2. The highest BCUT2D eigenvalue weighted by Crippen LogP contribution is 2.30. The molecular weight excluding hydrogens is 400 g/mol. The average molecular weight is 431 g/mol. The summed E-state index contributed by atoms with van der Waals surface area (Å²) < 4.78 is 32.0. The number of rotatable bonds is 8. The number of sulfonamides is 1. The van der Waals surface area contributed by atoms with Crippen LogP contribution >= 0.6 is 0 Å². The van der Waals surface area contributed by atoms with Gasteiger partial charge in [0.05, 0.1) is 24.6 Å². The lowest BCUT2D eigenvalue weighted by molar-refractivity contribution is -0.123. The van der Waals surface area contributed by atoms with Gasteiger partial charge in [0.1, 0.15) is 11.8 Å². The van der Waals surface area contributed by atoms with Gasteiger partial charge in [0.15, 0.2) is 0 Å². The molecule has 2 atom stereocenters. The minimum Gasteiger partial charge on any atom is -0.494 e. The molecule has 0 unspecified atom stereocenters. The van der Waals surface area contributed by atoms with E-state index in [0.717, 1.165) is 31.1 Å². The number of ether oxygens (including phenoxy) is 1. The summed E-state index contributed by atoms with van der Waals surface area (Å²) in [6.45, 7) is 4.24. The van der Waals surface area contributed by atoms with Crippen LogP contribution in [0, 0.1) is 0 Å².